The van der Waals surface area contributed by atoms with Crippen LogP contribution in [-0.2, 0) is 0 Å². The summed E-state index contributed by atoms with van der Waals surface area (Å²) in [5, 5.41) is 2.41. The third kappa shape index (κ3) is 2.08. The molecule has 0 fully saturated rings. The highest BCUT2D eigenvalue weighted by molar-refractivity contribution is 6.30. The number of hydrogen-bond donors (Lipinski definition) is 0. The zero-order valence-electron chi connectivity index (χ0n) is 6.15. The lowest BCUT2D eigenvalue weighted by Crippen LogP contribution is -1.98. The topological polar surface area (TPSA) is 0 Å². The van der Waals surface area contributed by atoms with Crippen LogP contribution in [0.3, 0.4) is 0 Å². The first kappa shape index (κ1) is 7.69. The van der Waals surface area contributed by atoms with Gasteiger partial charge in [-0.2, -0.15) is 0 Å². The maximum atomic E-state index is 5.28. The molecule has 0 aromatic heterocycles. The van der Waals surface area contributed by atoms with Gasteiger partial charge in [-0.1, -0.05) is 18.9 Å². The van der Waals surface area contributed by atoms with Crippen LogP contribution in [0, 0.1) is 17.2 Å². The summed E-state index contributed by atoms with van der Waals surface area (Å²) in [5.74, 6) is 3.59. The minimum Gasteiger partial charge on any atom is -0.0700 e. The highest BCUT2D eigenvalue weighted by Crippen LogP contribution is 2.21. The standard InChI is InChI=1S/C9H11Cl/c1-8-3-2-4-9(7-8)5-6-10/h7-8H,2-4H2,1H3. The minimum atomic E-state index is 0.696. The Labute approximate surface area is 67.3 Å². The Bertz CT molecular complexity index is 193. The largest absolute Gasteiger partial charge is 0.0700 e. The van der Waals surface area contributed by atoms with E-state index in [-0.39, 0.29) is 0 Å². The summed E-state index contributed by atoms with van der Waals surface area (Å²) < 4.78 is 0. The van der Waals surface area contributed by atoms with Gasteiger partial charge in [0.2, 0.25) is 0 Å². The normalized spacial score (nSPS) is 24.6. The first-order valence-corrected chi connectivity index (χ1v) is 4.03. The van der Waals surface area contributed by atoms with E-state index < -0.39 is 0 Å². The van der Waals surface area contributed by atoms with Crippen molar-refractivity contribution < 1.29 is 0 Å². The Morgan fingerprint density at radius 3 is 3.10 bits per heavy atom. The Balaban J connectivity index is 2.63. The average molecular weight is 155 g/mol. The van der Waals surface area contributed by atoms with Crippen molar-refractivity contribution in [3.8, 4) is 11.3 Å². The molecule has 1 heteroatoms. The Hall–Kier alpha value is -0.410. The summed E-state index contributed by atoms with van der Waals surface area (Å²) in [6.07, 6.45) is 5.90. The van der Waals surface area contributed by atoms with E-state index in [1.54, 1.807) is 0 Å². The first-order valence-electron chi connectivity index (χ1n) is 3.65. The molecule has 10 heavy (non-hydrogen) atoms. The molecule has 0 heterocycles. The highest BCUT2D eigenvalue weighted by atomic mass is 35.5. The molecule has 0 saturated carbocycles. The van der Waals surface area contributed by atoms with Gasteiger partial charge in [-0.05, 0) is 42.4 Å². The zero-order chi connectivity index (χ0) is 7.40. The molecular weight excluding hydrogens is 144 g/mol. The van der Waals surface area contributed by atoms with Gasteiger partial charge in [-0.3, -0.25) is 0 Å². The lowest BCUT2D eigenvalue weighted by Gasteiger charge is -2.13. The van der Waals surface area contributed by atoms with Crippen LogP contribution in [0.25, 0.3) is 0 Å². The Morgan fingerprint density at radius 1 is 1.70 bits per heavy atom. The van der Waals surface area contributed by atoms with Crippen LogP contribution in [0.5, 0.6) is 0 Å². The van der Waals surface area contributed by atoms with Gasteiger partial charge in [0.25, 0.3) is 0 Å². The molecule has 0 amide bonds. The molecule has 1 aliphatic rings. The quantitative estimate of drug-likeness (QED) is 0.471. The molecule has 0 aliphatic heterocycles. The van der Waals surface area contributed by atoms with Crippen molar-refractivity contribution in [2.24, 2.45) is 5.92 Å². The van der Waals surface area contributed by atoms with Crippen LogP contribution in [-0.4, -0.2) is 0 Å². The molecular formula is C9H11Cl. The van der Waals surface area contributed by atoms with Crippen molar-refractivity contribution in [1.29, 1.82) is 0 Å². The summed E-state index contributed by atoms with van der Waals surface area (Å²) in [5.41, 5.74) is 1.22. The second-order valence-electron chi connectivity index (χ2n) is 2.78. The zero-order valence-corrected chi connectivity index (χ0v) is 6.91. The second-order valence-corrected chi connectivity index (χ2v) is 2.97. The van der Waals surface area contributed by atoms with Gasteiger partial charge in [0.15, 0.2) is 0 Å². The van der Waals surface area contributed by atoms with E-state index in [0.29, 0.717) is 5.92 Å². The number of halogens is 1. The molecule has 0 bridgehead atoms. The van der Waals surface area contributed by atoms with Crippen LogP contribution in [0.1, 0.15) is 26.2 Å². The summed E-state index contributed by atoms with van der Waals surface area (Å²) >= 11 is 5.28. The fourth-order valence-corrected chi connectivity index (χ4v) is 1.41. The molecule has 0 nitrogen and oxygen atoms in total. The van der Waals surface area contributed by atoms with Crippen molar-refractivity contribution in [1.82, 2.24) is 0 Å². The van der Waals surface area contributed by atoms with Crippen LogP contribution < -0.4 is 0 Å². The summed E-state index contributed by atoms with van der Waals surface area (Å²) in [4.78, 5) is 0. The first-order chi connectivity index (χ1) is 4.83. The number of allylic oxidation sites excluding steroid dienone is 2. The molecule has 0 spiro atoms. The van der Waals surface area contributed by atoms with Crippen molar-refractivity contribution >= 4 is 11.6 Å². The Morgan fingerprint density at radius 2 is 2.50 bits per heavy atom. The third-order valence-corrected chi connectivity index (χ3v) is 1.89. The van der Waals surface area contributed by atoms with E-state index in [4.69, 9.17) is 11.6 Å². The molecule has 0 radical (unpaired) electrons. The maximum absolute atomic E-state index is 5.28. The summed E-state index contributed by atoms with van der Waals surface area (Å²) in [6, 6.07) is 0. The van der Waals surface area contributed by atoms with E-state index in [2.05, 4.69) is 24.3 Å². The van der Waals surface area contributed by atoms with Crippen molar-refractivity contribution in [2.45, 2.75) is 26.2 Å². The maximum Gasteiger partial charge on any atom is 0.00917 e. The van der Waals surface area contributed by atoms with Gasteiger partial charge in [0.05, 0.1) is 0 Å². The molecule has 1 unspecified atom stereocenters. The smallest absolute Gasteiger partial charge is 0.00917 e. The van der Waals surface area contributed by atoms with Gasteiger partial charge < -0.3 is 0 Å². The summed E-state index contributed by atoms with van der Waals surface area (Å²) in [6.45, 7) is 2.22. The van der Waals surface area contributed by atoms with E-state index >= 15 is 0 Å². The van der Waals surface area contributed by atoms with Crippen LogP contribution in [0.2, 0.25) is 0 Å². The van der Waals surface area contributed by atoms with Crippen LogP contribution in [0.15, 0.2) is 11.6 Å². The number of rotatable bonds is 0. The Kier molecular flexibility index (Phi) is 2.83. The molecule has 1 rings (SSSR count). The molecule has 0 saturated heterocycles. The predicted octanol–water partition coefficient (Wildman–Crippen LogP) is 2.93. The third-order valence-electron chi connectivity index (χ3n) is 1.80. The fourth-order valence-electron chi connectivity index (χ4n) is 1.29. The van der Waals surface area contributed by atoms with E-state index in [0.717, 1.165) is 6.42 Å². The fraction of sp³-hybridized carbons (Fsp3) is 0.556. The van der Waals surface area contributed by atoms with Gasteiger partial charge >= 0.3 is 0 Å². The summed E-state index contributed by atoms with van der Waals surface area (Å²) in [7, 11) is 0. The lowest BCUT2D eigenvalue weighted by atomic mass is 9.92. The molecule has 1 atom stereocenters. The van der Waals surface area contributed by atoms with Crippen molar-refractivity contribution in [3.63, 3.8) is 0 Å². The van der Waals surface area contributed by atoms with Crippen molar-refractivity contribution in [2.75, 3.05) is 0 Å². The molecule has 0 aromatic rings. The van der Waals surface area contributed by atoms with Crippen LogP contribution >= 0.6 is 11.6 Å². The average Bonchev–Trinajstić information content (AvgIpc) is 1.88. The molecule has 1 aliphatic carbocycles. The predicted molar refractivity (Wildman–Crippen MR) is 44.7 cm³/mol. The van der Waals surface area contributed by atoms with E-state index in [9.17, 15) is 0 Å². The van der Waals surface area contributed by atoms with Crippen molar-refractivity contribution in [3.05, 3.63) is 11.6 Å². The number of hydrogen-bond acceptors (Lipinski definition) is 0. The van der Waals surface area contributed by atoms with Gasteiger partial charge in [-0.25, -0.2) is 0 Å². The molecule has 0 N–H and O–H groups in total. The molecule has 54 valence electrons. The molecule has 0 aromatic carbocycles. The SMILES string of the molecule is CC1C=C(C#CCl)CCC1. The highest BCUT2D eigenvalue weighted by Gasteiger charge is 2.06. The monoisotopic (exact) mass is 154 g/mol. The minimum absolute atomic E-state index is 0.696. The van der Waals surface area contributed by atoms with Gasteiger partial charge in [0.1, 0.15) is 0 Å². The van der Waals surface area contributed by atoms with Gasteiger partial charge in [0, 0.05) is 5.38 Å². The van der Waals surface area contributed by atoms with Gasteiger partial charge in [-0.15, -0.1) is 0 Å². The van der Waals surface area contributed by atoms with Crippen LogP contribution in [0.4, 0.5) is 0 Å². The lowest BCUT2D eigenvalue weighted by molar-refractivity contribution is 0.576. The second kappa shape index (κ2) is 3.68. The van der Waals surface area contributed by atoms with E-state index in [1.807, 2.05) is 0 Å². The van der Waals surface area contributed by atoms with E-state index in [1.165, 1.54) is 18.4 Å².